The summed E-state index contributed by atoms with van der Waals surface area (Å²) in [6, 6.07) is 0. The molecule has 0 bridgehead atoms. The zero-order valence-corrected chi connectivity index (χ0v) is 14.6. The van der Waals surface area contributed by atoms with Gasteiger partial charge < -0.3 is 20.4 Å². The van der Waals surface area contributed by atoms with Gasteiger partial charge in [0.05, 0.1) is 18.3 Å². The molecule has 0 aromatic heterocycles. The number of ketones is 1. The summed E-state index contributed by atoms with van der Waals surface area (Å²) in [7, 11) is 0. The molecule has 4 fully saturated rings. The Bertz CT molecular complexity index is 564. The third-order valence-electron chi connectivity index (χ3n) is 8.63. The maximum atomic E-state index is 12.4. The van der Waals surface area contributed by atoms with Gasteiger partial charge in [0.25, 0.3) is 0 Å². The van der Waals surface area contributed by atoms with E-state index in [0.29, 0.717) is 18.6 Å². The lowest BCUT2D eigenvalue weighted by atomic mass is 9.42. The Morgan fingerprint density at radius 2 is 1.71 bits per heavy atom. The third-order valence-corrected chi connectivity index (χ3v) is 8.63. The zero-order chi connectivity index (χ0) is 17.5. The quantitative estimate of drug-likeness (QED) is 0.529. The number of aliphatic hydroxyl groups is 4. The second-order valence-electron chi connectivity index (χ2n) is 9.36. The predicted octanol–water partition coefficient (Wildman–Crippen LogP) is 1.02. The van der Waals surface area contributed by atoms with Crippen molar-refractivity contribution in [2.24, 2.45) is 28.6 Å². The maximum Gasteiger partial charge on any atom is 0.139 e. The van der Waals surface area contributed by atoms with Gasteiger partial charge in [0.15, 0.2) is 0 Å². The first-order chi connectivity index (χ1) is 11.1. The minimum absolute atomic E-state index is 0.0809. The lowest BCUT2D eigenvalue weighted by Gasteiger charge is -2.65. The number of Topliss-reactive ketones (excluding diaryl/α,β-unsaturated/α-hetero) is 1. The van der Waals surface area contributed by atoms with Crippen molar-refractivity contribution in [1.29, 1.82) is 0 Å². The van der Waals surface area contributed by atoms with Crippen LogP contribution in [-0.4, -0.2) is 50.1 Å². The molecule has 9 atom stereocenters. The van der Waals surface area contributed by atoms with Crippen molar-refractivity contribution < 1.29 is 25.2 Å². The number of hydrogen-bond acceptors (Lipinski definition) is 5. The summed E-state index contributed by atoms with van der Waals surface area (Å²) in [5.74, 6) is 0.808. The lowest BCUT2D eigenvalue weighted by molar-refractivity contribution is -0.293. The summed E-state index contributed by atoms with van der Waals surface area (Å²) in [5.41, 5.74) is -2.59. The number of fused-ring (bicyclic) bond motifs is 5. The highest BCUT2D eigenvalue weighted by molar-refractivity contribution is 5.87. The van der Waals surface area contributed by atoms with Gasteiger partial charge in [0, 0.05) is 23.7 Å². The second-order valence-corrected chi connectivity index (χ2v) is 9.36. The Balaban J connectivity index is 1.76. The van der Waals surface area contributed by atoms with E-state index in [1.54, 1.807) is 0 Å². The van der Waals surface area contributed by atoms with E-state index in [-0.39, 0.29) is 36.0 Å². The summed E-state index contributed by atoms with van der Waals surface area (Å²) < 4.78 is 0. The molecule has 24 heavy (non-hydrogen) atoms. The van der Waals surface area contributed by atoms with Gasteiger partial charge >= 0.3 is 0 Å². The molecule has 4 N–H and O–H groups in total. The highest BCUT2D eigenvalue weighted by Gasteiger charge is 2.69. The van der Waals surface area contributed by atoms with Gasteiger partial charge in [-0.25, -0.2) is 0 Å². The van der Waals surface area contributed by atoms with Crippen molar-refractivity contribution in [1.82, 2.24) is 0 Å². The normalized spacial score (nSPS) is 60.3. The maximum absolute atomic E-state index is 12.4. The highest BCUT2D eigenvalue weighted by atomic mass is 16.4. The first-order valence-corrected chi connectivity index (χ1v) is 9.44. The molecular weight excluding hydrogens is 308 g/mol. The van der Waals surface area contributed by atoms with Crippen LogP contribution < -0.4 is 0 Å². The molecule has 0 aromatic carbocycles. The molecular formula is C19H30O5. The Morgan fingerprint density at radius 3 is 2.42 bits per heavy atom. The van der Waals surface area contributed by atoms with Crippen molar-refractivity contribution in [2.45, 2.75) is 82.7 Å². The largest absolute Gasteiger partial charge is 0.393 e. The number of carbonyl (C=O) groups excluding carboxylic acids is 1. The standard InChI is InChI=1S/C19H30O5/c1-17-6-5-13-11(12(17)3-4-14(17)21)8-16(23)19(24)9-10(20)7-15(22)18(13,19)2/h10-13,15-16,20,22-24H,3-9H2,1-2H3/t10-,11-,12-,13-,15+,16+,17-,18-,19-/m0/s1. The molecule has 0 aromatic rings. The van der Waals surface area contributed by atoms with Crippen LogP contribution in [0.1, 0.15) is 58.8 Å². The van der Waals surface area contributed by atoms with Crippen LogP contribution >= 0.6 is 0 Å². The van der Waals surface area contributed by atoms with Crippen LogP contribution in [0.15, 0.2) is 0 Å². The van der Waals surface area contributed by atoms with Crippen LogP contribution in [0, 0.1) is 28.6 Å². The fraction of sp³-hybridized carbons (Fsp3) is 0.947. The van der Waals surface area contributed by atoms with E-state index in [4.69, 9.17) is 0 Å². The van der Waals surface area contributed by atoms with Crippen LogP contribution in [0.3, 0.4) is 0 Å². The molecule has 0 aliphatic heterocycles. The monoisotopic (exact) mass is 338 g/mol. The topological polar surface area (TPSA) is 98.0 Å². The van der Waals surface area contributed by atoms with Crippen LogP contribution in [0.25, 0.3) is 0 Å². The molecule has 0 heterocycles. The number of carbonyl (C=O) groups is 1. The first-order valence-electron chi connectivity index (χ1n) is 9.44. The number of aliphatic hydroxyl groups excluding tert-OH is 3. The van der Waals surface area contributed by atoms with Gasteiger partial charge in [-0.05, 0) is 49.9 Å². The second kappa shape index (κ2) is 5.03. The van der Waals surface area contributed by atoms with E-state index in [0.717, 1.165) is 19.3 Å². The van der Waals surface area contributed by atoms with Crippen LogP contribution in [0.4, 0.5) is 0 Å². The average molecular weight is 338 g/mol. The van der Waals surface area contributed by atoms with Crippen LogP contribution in [0.5, 0.6) is 0 Å². The van der Waals surface area contributed by atoms with Crippen molar-refractivity contribution >= 4 is 5.78 Å². The van der Waals surface area contributed by atoms with Crippen LogP contribution in [0.2, 0.25) is 0 Å². The molecule has 0 saturated heterocycles. The SMILES string of the molecule is C[C@]12[C@H](O)C[C@H](O)C[C@]1(O)[C@H](O)C[C@@H]1[C@@H]2CC[C@]2(C)C(=O)CC[C@@H]12. The van der Waals surface area contributed by atoms with Gasteiger partial charge in [0.1, 0.15) is 11.4 Å². The highest BCUT2D eigenvalue weighted by Crippen LogP contribution is 2.66. The molecule has 4 aliphatic rings. The van der Waals surface area contributed by atoms with Crippen molar-refractivity contribution in [3.8, 4) is 0 Å². The summed E-state index contributed by atoms with van der Waals surface area (Å²) in [4.78, 5) is 12.4. The van der Waals surface area contributed by atoms with Crippen molar-refractivity contribution in [3.63, 3.8) is 0 Å². The molecule has 4 saturated carbocycles. The van der Waals surface area contributed by atoms with Crippen LogP contribution in [-0.2, 0) is 4.79 Å². The van der Waals surface area contributed by atoms with E-state index >= 15 is 0 Å². The predicted molar refractivity (Wildman–Crippen MR) is 87.0 cm³/mol. The molecule has 0 spiro atoms. The Hall–Kier alpha value is -0.490. The van der Waals surface area contributed by atoms with Crippen molar-refractivity contribution in [2.75, 3.05) is 0 Å². The minimum Gasteiger partial charge on any atom is -0.393 e. The number of rotatable bonds is 0. The van der Waals surface area contributed by atoms with Gasteiger partial charge in [-0.1, -0.05) is 13.8 Å². The Labute approximate surface area is 143 Å². The Morgan fingerprint density at radius 1 is 1.00 bits per heavy atom. The smallest absolute Gasteiger partial charge is 0.139 e. The van der Waals surface area contributed by atoms with E-state index in [9.17, 15) is 25.2 Å². The Kier molecular flexibility index (Phi) is 3.55. The zero-order valence-electron chi connectivity index (χ0n) is 14.6. The fourth-order valence-electron chi connectivity index (χ4n) is 7.10. The molecule has 4 aliphatic carbocycles. The van der Waals surface area contributed by atoms with Gasteiger partial charge in [0.2, 0.25) is 0 Å². The van der Waals surface area contributed by atoms with Gasteiger partial charge in [-0.3, -0.25) is 4.79 Å². The summed E-state index contributed by atoms with van der Waals surface area (Å²) in [6.45, 7) is 3.96. The van der Waals surface area contributed by atoms with E-state index in [1.165, 1.54) is 0 Å². The van der Waals surface area contributed by atoms with E-state index in [1.807, 2.05) is 6.92 Å². The first kappa shape index (κ1) is 17.0. The molecule has 0 radical (unpaired) electrons. The summed E-state index contributed by atoms with van der Waals surface area (Å²) in [5, 5.41) is 43.0. The summed E-state index contributed by atoms with van der Waals surface area (Å²) in [6.07, 6.45) is 1.30. The van der Waals surface area contributed by atoms with Gasteiger partial charge in [-0.2, -0.15) is 0 Å². The number of hydrogen-bond donors (Lipinski definition) is 4. The van der Waals surface area contributed by atoms with Gasteiger partial charge in [-0.15, -0.1) is 0 Å². The molecule has 0 amide bonds. The molecule has 136 valence electrons. The average Bonchev–Trinajstić information content (AvgIpc) is 2.80. The fourth-order valence-corrected chi connectivity index (χ4v) is 7.10. The molecule has 0 unspecified atom stereocenters. The lowest BCUT2D eigenvalue weighted by Crippen LogP contribution is -2.72. The summed E-state index contributed by atoms with van der Waals surface area (Å²) >= 11 is 0. The molecule has 4 rings (SSSR count). The third kappa shape index (κ3) is 1.82. The minimum atomic E-state index is -1.46. The van der Waals surface area contributed by atoms with E-state index < -0.39 is 29.3 Å². The molecule has 5 heteroatoms. The van der Waals surface area contributed by atoms with Crippen molar-refractivity contribution in [3.05, 3.63) is 0 Å². The van der Waals surface area contributed by atoms with E-state index in [2.05, 4.69) is 6.92 Å². The molecule has 5 nitrogen and oxygen atoms in total.